The van der Waals surface area contributed by atoms with Gasteiger partial charge in [-0.05, 0) is 55.0 Å². The number of ether oxygens (including phenoxy) is 1. The number of rotatable bonds is 5. The smallest absolute Gasteiger partial charge is 0.281 e. The predicted octanol–water partition coefficient (Wildman–Crippen LogP) is 2.31. The summed E-state index contributed by atoms with van der Waals surface area (Å²) in [5.74, 6) is -3.76. The van der Waals surface area contributed by atoms with Crippen LogP contribution < -0.4 is 10.6 Å². The molecule has 1 aliphatic carbocycles. The number of aliphatic hydroxyl groups is 1. The molecule has 5 heterocycles. The number of carbonyl (C=O) groups is 3. The van der Waals surface area contributed by atoms with Crippen LogP contribution in [0, 0.1) is 17.8 Å². The van der Waals surface area contributed by atoms with Gasteiger partial charge in [0.1, 0.15) is 12.1 Å². The average Bonchev–Trinajstić information content (AvgIpc) is 3.68. The Hall–Kier alpha value is -2.95. The van der Waals surface area contributed by atoms with E-state index < -0.39 is 41.5 Å². The highest BCUT2D eigenvalue weighted by Gasteiger charge is 2.72. The van der Waals surface area contributed by atoms with E-state index in [1.165, 1.54) is 21.7 Å². The van der Waals surface area contributed by atoms with E-state index in [9.17, 15) is 19.5 Å². The van der Waals surface area contributed by atoms with Crippen LogP contribution >= 0.6 is 0 Å². The van der Waals surface area contributed by atoms with Gasteiger partial charge < -0.3 is 20.6 Å². The highest BCUT2D eigenvalue weighted by Crippen LogP contribution is 2.50. The second-order valence-electron chi connectivity index (χ2n) is 13.6. The van der Waals surface area contributed by atoms with Gasteiger partial charge in [0.2, 0.25) is 17.5 Å². The summed E-state index contributed by atoms with van der Waals surface area (Å²) in [7, 11) is 2.06. The van der Waals surface area contributed by atoms with Crippen molar-refractivity contribution >= 4 is 29.0 Å². The number of carbonyl (C=O) groups excluding carboxylic acids is 3. The molecule has 3 N–H and O–H groups in total. The Balaban J connectivity index is 1.24. The van der Waals surface area contributed by atoms with E-state index in [4.69, 9.17) is 4.74 Å². The molecule has 226 valence electrons. The third kappa shape index (κ3) is 3.64. The summed E-state index contributed by atoms with van der Waals surface area (Å²) in [6.45, 7) is 9.49. The molecule has 0 radical (unpaired) electrons. The van der Waals surface area contributed by atoms with Gasteiger partial charge in [-0.3, -0.25) is 28.9 Å². The summed E-state index contributed by atoms with van der Waals surface area (Å²) in [5, 5.41) is 18.7. The molecule has 0 aromatic heterocycles. The normalized spacial score (nSPS) is 37.6. The van der Waals surface area contributed by atoms with Crippen molar-refractivity contribution in [1.82, 2.24) is 20.0 Å². The van der Waals surface area contributed by atoms with E-state index >= 15 is 0 Å². The van der Waals surface area contributed by atoms with Crippen LogP contribution in [0.5, 0.6) is 0 Å². The molecule has 0 bridgehead atoms. The van der Waals surface area contributed by atoms with E-state index in [-0.39, 0.29) is 23.8 Å². The minimum absolute atomic E-state index is 0.149. The Morgan fingerprint density at radius 1 is 1.26 bits per heavy atom. The largest absolute Gasteiger partial charge is 0.384 e. The second kappa shape index (κ2) is 9.53. The van der Waals surface area contributed by atoms with Gasteiger partial charge in [-0.15, -0.1) is 0 Å². The first-order valence-corrected chi connectivity index (χ1v) is 15.7. The molecule has 7 rings (SSSR count). The van der Waals surface area contributed by atoms with Gasteiger partial charge >= 0.3 is 0 Å². The SMILES string of the molecule is CCC(C)[C@H]1C(=O)N2CCC[C@H]2[C@]2(O)O[C@](NC(=O)[C@@H]3C=C4c5cccc6c5C(CN6)C[C@H]4N(C)C3)(C(C)C)C(=O)N12. The number of nitrogens with one attached hydrogen (secondary N) is 2. The number of hydrogen-bond donors (Lipinski definition) is 3. The second-order valence-corrected chi connectivity index (χ2v) is 13.6. The lowest BCUT2D eigenvalue weighted by atomic mass is 9.74. The standard InChI is InChI=1S/C32H43N5O5/c1-6-18(4)27-29(39)36-12-8-11-25(36)32(41)37(27)30(40)31(42-32,17(2)3)34-28(38)20-13-22-21-9-7-10-23-26(21)19(15-33-23)14-24(22)35(5)16-20/h7,9-10,13,17-20,24-25,27,33,41H,6,8,11-12,14-16H2,1-5H3,(H,34,38)/t18?,19?,20-,24-,25+,27+,31-,32+/m1/s1. The van der Waals surface area contributed by atoms with Crippen molar-refractivity contribution in [2.24, 2.45) is 17.8 Å². The Morgan fingerprint density at radius 3 is 2.79 bits per heavy atom. The van der Waals surface area contributed by atoms with Crippen LogP contribution in [0.3, 0.4) is 0 Å². The molecule has 5 aliphatic heterocycles. The Morgan fingerprint density at radius 2 is 2.05 bits per heavy atom. The maximum atomic E-state index is 14.5. The third-order valence-electron chi connectivity index (χ3n) is 11.0. The van der Waals surface area contributed by atoms with Crippen LogP contribution in [-0.2, 0) is 19.1 Å². The van der Waals surface area contributed by atoms with Crippen LogP contribution in [0.4, 0.5) is 5.69 Å². The van der Waals surface area contributed by atoms with E-state index in [0.717, 1.165) is 25.0 Å². The molecular weight excluding hydrogens is 534 g/mol. The zero-order chi connectivity index (χ0) is 29.7. The number of anilines is 1. The molecule has 0 saturated carbocycles. The molecular formula is C32H43N5O5. The van der Waals surface area contributed by atoms with Crippen molar-refractivity contribution in [3.8, 4) is 0 Å². The number of benzene rings is 1. The zero-order valence-electron chi connectivity index (χ0n) is 25.2. The average molecular weight is 578 g/mol. The Labute approximate surface area is 247 Å². The minimum Gasteiger partial charge on any atom is -0.384 e. The summed E-state index contributed by atoms with van der Waals surface area (Å²) in [6.07, 6.45) is 4.97. The fourth-order valence-electron chi connectivity index (χ4n) is 8.50. The quantitative estimate of drug-likeness (QED) is 0.492. The van der Waals surface area contributed by atoms with E-state index in [0.29, 0.717) is 31.8 Å². The number of likely N-dealkylation sites (N-methyl/N-ethyl adjacent to an activating group) is 1. The predicted molar refractivity (Wildman–Crippen MR) is 157 cm³/mol. The van der Waals surface area contributed by atoms with Crippen LogP contribution in [0.25, 0.3) is 5.57 Å². The number of fused-ring (bicyclic) bond motifs is 5. The topological polar surface area (TPSA) is 114 Å². The van der Waals surface area contributed by atoms with E-state index in [1.54, 1.807) is 4.90 Å². The molecule has 3 amide bonds. The summed E-state index contributed by atoms with van der Waals surface area (Å²) in [4.78, 5) is 47.5. The monoisotopic (exact) mass is 577 g/mol. The van der Waals surface area contributed by atoms with Crippen molar-refractivity contribution in [1.29, 1.82) is 0 Å². The molecule has 6 aliphatic rings. The lowest BCUT2D eigenvalue weighted by Gasteiger charge is -2.50. The first-order valence-electron chi connectivity index (χ1n) is 15.7. The summed E-state index contributed by atoms with van der Waals surface area (Å²) in [5.41, 5.74) is 3.06. The van der Waals surface area contributed by atoms with Gasteiger partial charge in [0.25, 0.3) is 11.8 Å². The Kier molecular flexibility index (Phi) is 6.32. The molecule has 3 fully saturated rings. The number of piperazine rings is 1. The van der Waals surface area contributed by atoms with Crippen molar-refractivity contribution in [3.05, 3.63) is 35.4 Å². The molecule has 1 aromatic rings. The molecule has 0 spiro atoms. The highest BCUT2D eigenvalue weighted by atomic mass is 16.7. The maximum absolute atomic E-state index is 14.5. The van der Waals surface area contributed by atoms with Crippen molar-refractivity contribution in [2.45, 2.75) is 89.1 Å². The number of hydrogen-bond acceptors (Lipinski definition) is 7. The van der Waals surface area contributed by atoms with Crippen molar-refractivity contribution in [2.75, 3.05) is 32.0 Å². The maximum Gasteiger partial charge on any atom is 0.281 e. The zero-order valence-corrected chi connectivity index (χ0v) is 25.2. The van der Waals surface area contributed by atoms with Crippen LogP contribution in [0.1, 0.15) is 70.4 Å². The number of nitrogens with zero attached hydrogens (tertiary/aromatic N) is 3. The molecule has 10 nitrogen and oxygen atoms in total. The van der Waals surface area contributed by atoms with Crippen LogP contribution in [-0.4, -0.2) is 94.0 Å². The van der Waals surface area contributed by atoms with Crippen molar-refractivity contribution in [3.63, 3.8) is 0 Å². The van der Waals surface area contributed by atoms with Crippen molar-refractivity contribution < 1.29 is 24.2 Å². The van der Waals surface area contributed by atoms with Gasteiger partial charge in [0, 0.05) is 43.2 Å². The van der Waals surface area contributed by atoms with E-state index in [1.807, 2.05) is 27.7 Å². The van der Waals surface area contributed by atoms with Gasteiger partial charge in [-0.25, -0.2) is 0 Å². The summed E-state index contributed by atoms with van der Waals surface area (Å²) in [6, 6.07) is 5.03. The fraction of sp³-hybridized carbons (Fsp3) is 0.656. The van der Waals surface area contributed by atoms with Gasteiger partial charge in [-0.1, -0.05) is 52.3 Å². The summed E-state index contributed by atoms with van der Waals surface area (Å²) < 4.78 is 6.45. The molecule has 1 aromatic carbocycles. The third-order valence-corrected chi connectivity index (χ3v) is 11.0. The first-order chi connectivity index (χ1) is 20.0. The van der Waals surface area contributed by atoms with Crippen LogP contribution in [0.15, 0.2) is 24.3 Å². The summed E-state index contributed by atoms with van der Waals surface area (Å²) >= 11 is 0. The lowest BCUT2D eigenvalue weighted by molar-refractivity contribution is -0.324. The number of amides is 3. The van der Waals surface area contributed by atoms with Gasteiger partial charge in [0.05, 0.1) is 5.92 Å². The highest BCUT2D eigenvalue weighted by molar-refractivity contribution is 5.98. The lowest BCUT2D eigenvalue weighted by Crippen LogP contribution is -2.72. The minimum atomic E-state index is -2.00. The molecule has 2 unspecified atom stereocenters. The van der Waals surface area contributed by atoms with Gasteiger partial charge in [0.15, 0.2) is 0 Å². The van der Waals surface area contributed by atoms with Crippen LogP contribution in [0.2, 0.25) is 0 Å². The fourth-order valence-corrected chi connectivity index (χ4v) is 8.50. The molecule has 10 heteroatoms. The Bertz CT molecular complexity index is 1380. The molecule has 8 atom stereocenters. The van der Waals surface area contributed by atoms with E-state index in [2.05, 4.69) is 46.9 Å². The first kappa shape index (κ1) is 27.9. The molecule has 42 heavy (non-hydrogen) atoms. The molecule has 3 saturated heterocycles. The van der Waals surface area contributed by atoms with Gasteiger partial charge in [-0.2, -0.15) is 0 Å².